The molecule has 8 nitrogen and oxygen atoms in total. The van der Waals surface area contributed by atoms with Crippen molar-refractivity contribution in [1.82, 2.24) is 14.6 Å². The van der Waals surface area contributed by atoms with Crippen molar-refractivity contribution in [3.8, 4) is 0 Å². The predicted octanol–water partition coefficient (Wildman–Crippen LogP) is 1.11. The van der Waals surface area contributed by atoms with Crippen LogP contribution in [0.4, 0.5) is 5.82 Å². The van der Waals surface area contributed by atoms with E-state index in [2.05, 4.69) is 26.4 Å². The average molecular weight is 439 g/mol. The first-order valence-corrected chi connectivity index (χ1v) is 12.8. The zero-order valence-corrected chi connectivity index (χ0v) is 18.2. The Morgan fingerprint density at radius 1 is 1.00 bits per heavy atom. The van der Waals surface area contributed by atoms with Crippen LogP contribution in [-0.4, -0.2) is 65.7 Å². The van der Waals surface area contributed by atoms with Crippen LogP contribution in [-0.2, 0) is 26.4 Å². The summed E-state index contributed by atoms with van der Waals surface area (Å²) < 4.78 is 50.9. The largest absolute Gasteiger partial charge is 0.354 e. The molecule has 1 N–H and O–H groups in total. The van der Waals surface area contributed by atoms with E-state index in [-0.39, 0.29) is 16.3 Å². The number of aromatic nitrogens is 1. The van der Waals surface area contributed by atoms with Crippen LogP contribution in [0.15, 0.2) is 52.4 Å². The second-order valence-corrected chi connectivity index (χ2v) is 10.8. The van der Waals surface area contributed by atoms with E-state index in [4.69, 9.17) is 0 Å². The minimum absolute atomic E-state index is 0.0328. The number of likely N-dealkylation sites (N-methyl/N-ethyl adjacent to an activating group) is 1. The fourth-order valence-electron chi connectivity index (χ4n) is 3.14. The lowest BCUT2D eigenvalue weighted by Crippen LogP contribution is -2.46. The lowest BCUT2D eigenvalue weighted by Gasteiger charge is -2.34. The van der Waals surface area contributed by atoms with E-state index in [1.54, 1.807) is 6.20 Å². The van der Waals surface area contributed by atoms with E-state index in [1.165, 1.54) is 18.2 Å². The third-order valence-electron chi connectivity index (χ3n) is 4.96. The molecule has 10 heteroatoms. The fourth-order valence-corrected chi connectivity index (χ4v) is 4.94. The number of nitrogens with one attached hydrogen (secondary N) is 1. The molecule has 29 heavy (non-hydrogen) atoms. The van der Waals surface area contributed by atoms with Gasteiger partial charge in [0.05, 0.1) is 9.79 Å². The van der Waals surface area contributed by atoms with Crippen molar-refractivity contribution in [2.75, 3.05) is 43.9 Å². The zero-order valence-electron chi connectivity index (χ0n) is 16.6. The second-order valence-electron chi connectivity index (χ2n) is 7.02. The minimum atomic E-state index is -3.84. The smallest absolute Gasteiger partial charge is 0.240 e. The first-order chi connectivity index (χ1) is 13.7. The van der Waals surface area contributed by atoms with Crippen molar-refractivity contribution in [3.05, 3.63) is 48.2 Å². The van der Waals surface area contributed by atoms with Crippen LogP contribution in [0, 0.1) is 0 Å². The van der Waals surface area contributed by atoms with Gasteiger partial charge in [-0.05, 0) is 36.4 Å². The molecule has 2 heterocycles. The van der Waals surface area contributed by atoms with Gasteiger partial charge in [-0.3, -0.25) is 0 Å². The van der Waals surface area contributed by atoms with Gasteiger partial charge in [-0.1, -0.05) is 19.1 Å². The number of hydrogen-bond acceptors (Lipinski definition) is 7. The molecule has 2 aromatic rings. The van der Waals surface area contributed by atoms with Crippen LogP contribution < -0.4 is 9.62 Å². The number of pyridine rings is 1. The number of benzene rings is 1. The van der Waals surface area contributed by atoms with Crippen molar-refractivity contribution in [3.63, 3.8) is 0 Å². The Morgan fingerprint density at radius 2 is 1.69 bits per heavy atom. The van der Waals surface area contributed by atoms with Gasteiger partial charge in [0.2, 0.25) is 10.0 Å². The molecule has 0 bridgehead atoms. The molecule has 0 atom stereocenters. The molecule has 0 spiro atoms. The number of sulfonamides is 1. The van der Waals surface area contributed by atoms with Crippen LogP contribution in [0.25, 0.3) is 0 Å². The lowest BCUT2D eigenvalue weighted by molar-refractivity contribution is 0.270. The molecule has 1 fully saturated rings. The highest BCUT2D eigenvalue weighted by Gasteiger charge is 2.18. The summed E-state index contributed by atoms with van der Waals surface area (Å²) in [6.45, 7) is 7.13. The van der Waals surface area contributed by atoms with Crippen molar-refractivity contribution < 1.29 is 16.8 Å². The van der Waals surface area contributed by atoms with Crippen LogP contribution >= 0.6 is 0 Å². The fraction of sp³-hybridized carbons (Fsp3) is 0.421. The number of piperazine rings is 1. The van der Waals surface area contributed by atoms with E-state index < -0.39 is 19.9 Å². The molecule has 1 aromatic carbocycles. The first kappa shape index (κ1) is 21.7. The zero-order chi connectivity index (χ0) is 21.1. The Kier molecular flexibility index (Phi) is 6.57. The topological polar surface area (TPSA) is 99.7 Å². The molecular formula is C19H26N4O4S2. The molecule has 0 aliphatic carbocycles. The molecule has 1 aliphatic rings. The van der Waals surface area contributed by atoms with Gasteiger partial charge in [0.1, 0.15) is 5.82 Å². The van der Waals surface area contributed by atoms with Crippen LogP contribution in [0.1, 0.15) is 12.5 Å². The number of rotatable bonds is 7. The molecular weight excluding hydrogens is 412 g/mol. The number of hydrogen-bond donors (Lipinski definition) is 1. The van der Waals surface area contributed by atoms with Crippen LogP contribution in [0.5, 0.6) is 0 Å². The van der Waals surface area contributed by atoms with Crippen molar-refractivity contribution in [2.24, 2.45) is 0 Å². The SMILES string of the molecule is CCN1CCN(c2ccc(CNS(=O)(=O)c3cccc(S(C)(=O)=O)c3)cn2)CC1. The Bertz CT molecular complexity index is 1050. The first-order valence-electron chi connectivity index (χ1n) is 9.41. The molecule has 3 rings (SSSR count). The standard InChI is InChI=1S/C19H26N4O4S2/c1-3-22-9-11-23(12-10-22)19-8-7-16(14-20-19)15-21-29(26,27)18-6-4-5-17(13-18)28(2,24)25/h4-8,13-14,21H,3,9-12,15H2,1-2H3. The average Bonchev–Trinajstić information content (AvgIpc) is 2.72. The normalized spacial score (nSPS) is 16.1. The Hall–Kier alpha value is -2.01. The van der Waals surface area contributed by atoms with E-state index in [0.717, 1.165) is 56.4 Å². The van der Waals surface area contributed by atoms with Gasteiger partial charge in [-0.2, -0.15) is 0 Å². The summed E-state index contributed by atoms with van der Waals surface area (Å²) in [5, 5.41) is 0. The van der Waals surface area contributed by atoms with Gasteiger partial charge in [0, 0.05) is 45.2 Å². The minimum Gasteiger partial charge on any atom is -0.354 e. The molecule has 0 saturated carbocycles. The van der Waals surface area contributed by atoms with Crippen molar-refractivity contribution in [1.29, 1.82) is 0 Å². The van der Waals surface area contributed by atoms with Gasteiger partial charge in [0.25, 0.3) is 0 Å². The lowest BCUT2D eigenvalue weighted by atomic mass is 10.2. The van der Waals surface area contributed by atoms with E-state index in [9.17, 15) is 16.8 Å². The third kappa shape index (κ3) is 5.53. The predicted molar refractivity (Wildman–Crippen MR) is 112 cm³/mol. The van der Waals surface area contributed by atoms with Crippen molar-refractivity contribution in [2.45, 2.75) is 23.3 Å². The van der Waals surface area contributed by atoms with Crippen LogP contribution in [0.2, 0.25) is 0 Å². The summed E-state index contributed by atoms with van der Waals surface area (Å²) in [5.41, 5.74) is 0.726. The maximum Gasteiger partial charge on any atom is 0.240 e. The third-order valence-corrected chi connectivity index (χ3v) is 7.47. The van der Waals surface area contributed by atoms with Crippen LogP contribution in [0.3, 0.4) is 0 Å². The molecule has 1 saturated heterocycles. The second kappa shape index (κ2) is 8.78. The summed E-state index contributed by atoms with van der Waals surface area (Å²) in [6, 6.07) is 9.07. The number of nitrogens with zero attached hydrogens (tertiary/aromatic N) is 3. The van der Waals surface area contributed by atoms with E-state index in [1.807, 2.05) is 12.1 Å². The summed E-state index contributed by atoms with van der Waals surface area (Å²) in [5.74, 6) is 0.883. The monoisotopic (exact) mass is 438 g/mol. The van der Waals surface area contributed by atoms with Gasteiger partial charge >= 0.3 is 0 Å². The molecule has 0 radical (unpaired) electrons. The maximum absolute atomic E-state index is 12.5. The molecule has 0 amide bonds. The van der Waals surface area contributed by atoms with E-state index >= 15 is 0 Å². The van der Waals surface area contributed by atoms with Crippen molar-refractivity contribution >= 4 is 25.7 Å². The van der Waals surface area contributed by atoms with Gasteiger partial charge in [0.15, 0.2) is 9.84 Å². The summed E-state index contributed by atoms with van der Waals surface area (Å²) in [7, 11) is -7.32. The molecule has 1 aliphatic heterocycles. The molecule has 0 unspecified atom stereocenters. The van der Waals surface area contributed by atoms with Gasteiger partial charge in [-0.15, -0.1) is 0 Å². The quantitative estimate of drug-likeness (QED) is 0.691. The maximum atomic E-state index is 12.5. The Labute approximate surface area is 172 Å². The summed E-state index contributed by atoms with van der Waals surface area (Å²) >= 11 is 0. The number of anilines is 1. The van der Waals surface area contributed by atoms with E-state index in [0.29, 0.717) is 0 Å². The summed E-state index contributed by atoms with van der Waals surface area (Å²) in [4.78, 5) is 8.96. The molecule has 158 valence electrons. The molecule has 1 aromatic heterocycles. The highest BCUT2D eigenvalue weighted by Crippen LogP contribution is 2.17. The Morgan fingerprint density at radius 3 is 2.28 bits per heavy atom. The highest BCUT2D eigenvalue weighted by molar-refractivity contribution is 7.91. The summed E-state index contributed by atoms with van der Waals surface area (Å²) in [6.07, 6.45) is 2.71. The van der Waals surface area contributed by atoms with Gasteiger partial charge in [-0.25, -0.2) is 26.5 Å². The number of sulfone groups is 1. The Balaban J connectivity index is 1.64. The highest BCUT2D eigenvalue weighted by atomic mass is 32.2. The van der Waals surface area contributed by atoms with Gasteiger partial charge < -0.3 is 9.80 Å².